The molecule has 0 saturated heterocycles. The molecule has 108 valence electrons. The Kier molecular flexibility index (Phi) is 2.91. The van der Waals surface area contributed by atoms with Gasteiger partial charge in [-0.2, -0.15) is 0 Å². The van der Waals surface area contributed by atoms with Gasteiger partial charge in [-0.3, -0.25) is 0 Å². The normalized spacial score (nSPS) is 23.0. The van der Waals surface area contributed by atoms with Crippen LogP contribution in [0.25, 0.3) is 0 Å². The van der Waals surface area contributed by atoms with Gasteiger partial charge in [-0.1, -0.05) is 24.3 Å². The van der Waals surface area contributed by atoms with E-state index in [0.29, 0.717) is 23.3 Å². The van der Waals surface area contributed by atoms with Crippen molar-refractivity contribution in [2.24, 2.45) is 0 Å². The standard InChI is InChI=1S/C19H20O2/c20-18-5-1-3-14-12(7-9-16(14)18)11-13-8-10-17-15(13)4-2-6-19(17)21/h1-6,12-13,20-21H,7-11H2. The summed E-state index contributed by atoms with van der Waals surface area (Å²) in [4.78, 5) is 0. The Bertz CT molecular complexity index is 630. The number of hydrogen-bond acceptors (Lipinski definition) is 2. The summed E-state index contributed by atoms with van der Waals surface area (Å²) in [5.41, 5.74) is 4.97. The van der Waals surface area contributed by atoms with Crippen LogP contribution in [0.5, 0.6) is 11.5 Å². The van der Waals surface area contributed by atoms with Crippen LogP contribution >= 0.6 is 0 Å². The number of hydrogen-bond donors (Lipinski definition) is 2. The van der Waals surface area contributed by atoms with Crippen molar-refractivity contribution in [1.29, 1.82) is 0 Å². The van der Waals surface area contributed by atoms with Crippen LogP contribution in [-0.2, 0) is 12.8 Å². The number of rotatable bonds is 2. The lowest BCUT2D eigenvalue weighted by atomic mass is 9.87. The molecule has 0 heterocycles. The molecule has 2 N–H and O–H groups in total. The molecule has 0 amide bonds. The van der Waals surface area contributed by atoms with E-state index in [1.807, 2.05) is 12.1 Å². The van der Waals surface area contributed by atoms with Gasteiger partial charge in [0.1, 0.15) is 11.5 Å². The molecule has 2 atom stereocenters. The molecule has 2 heteroatoms. The minimum Gasteiger partial charge on any atom is -0.508 e. The van der Waals surface area contributed by atoms with Gasteiger partial charge >= 0.3 is 0 Å². The SMILES string of the molecule is Oc1cccc2c1CCC2CC1CCc2c(O)cccc21. The van der Waals surface area contributed by atoms with E-state index < -0.39 is 0 Å². The number of phenolic OH excluding ortho intramolecular Hbond substituents is 2. The van der Waals surface area contributed by atoms with E-state index in [1.165, 1.54) is 11.1 Å². The fourth-order valence-corrected chi connectivity index (χ4v) is 4.27. The molecule has 0 spiro atoms. The predicted octanol–water partition coefficient (Wildman–Crippen LogP) is 4.25. The summed E-state index contributed by atoms with van der Waals surface area (Å²) < 4.78 is 0. The number of aromatic hydroxyl groups is 2. The van der Waals surface area contributed by atoms with Crippen LogP contribution in [-0.4, -0.2) is 10.2 Å². The molecule has 4 rings (SSSR count). The fraction of sp³-hybridized carbons (Fsp3) is 0.368. The zero-order chi connectivity index (χ0) is 14.4. The van der Waals surface area contributed by atoms with E-state index in [-0.39, 0.29) is 0 Å². The Balaban J connectivity index is 1.61. The monoisotopic (exact) mass is 280 g/mol. The van der Waals surface area contributed by atoms with Gasteiger partial charge in [-0.15, -0.1) is 0 Å². The molecule has 2 nitrogen and oxygen atoms in total. The maximum atomic E-state index is 9.97. The molecular weight excluding hydrogens is 260 g/mol. The van der Waals surface area contributed by atoms with Crippen molar-refractivity contribution in [3.05, 3.63) is 58.7 Å². The first kappa shape index (κ1) is 12.8. The van der Waals surface area contributed by atoms with Crippen molar-refractivity contribution in [2.75, 3.05) is 0 Å². The lowest BCUT2D eigenvalue weighted by Crippen LogP contribution is -2.01. The number of fused-ring (bicyclic) bond motifs is 2. The maximum Gasteiger partial charge on any atom is 0.119 e. The second kappa shape index (κ2) is 4.80. The molecule has 2 aliphatic carbocycles. The Hall–Kier alpha value is -1.96. The molecule has 2 aliphatic rings. The van der Waals surface area contributed by atoms with Gasteiger partial charge in [-0.25, -0.2) is 0 Å². The first-order chi connectivity index (χ1) is 10.2. The van der Waals surface area contributed by atoms with Crippen LogP contribution in [0.3, 0.4) is 0 Å². The first-order valence-corrected chi connectivity index (χ1v) is 7.85. The summed E-state index contributed by atoms with van der Waals surface area (Å²) in [6.45, 7) is 0. The van der Waals surface area contributed by atoms with Crippen molar-refractivity contribution in [1.82, 2.24) is 0 Å². The summed E-state index contributed by atoms with van der Waals surface area (Å²) in [5, 5.41) is 19.9. The quantitative estimate of drug-likeness (QED) is 0.863. The Labute approximate surface area is 125 Å². The number of phenols is 2. The highest BCUT2D eigenvalue weighted by atomic mass is 16.3. The van der Waals surface area contributed by atoms with E-state index >= 15 is 0 Å². The van der Waals surface area contributed by atoms with Crippen LogP contribution in [0.1, 0.15) is 53.4 Å². The second-order valence-electron chi connectivity index (χ2n) is 6.40. The molecule has 0 radical (unpaired) electrons. The Morgan fingerprint density at radius 1 is 0.762 bits per heavy atom. The lowest BCUT2D eigenvalue weighted by Gasteiger charge is -2.18. The third kappa shape index (κ3) is 2.01. The highest BCUT2D eigenvalue weighted by Crippen LogP contribution is 2.47. The van der Waals surface area contributed by atoms with E-state index in [2.05, 4.69) is 12.1 Å². The molecule has 2 aromatic rings. The fourth-order valence-electron chi connectivity index (χ4n) is 4.27. The summed E-state index contributed by atoms with van der Waals surface area (Å²) in [6, 6.07) is 11.9. The summed E-state index contributed by atoms with van der Waals surface area (Å²) in [6.07, 6.45) is 5.39. The van der Waals surface area contributed by atoms with E-state index in [0.717, 1.165) is 43.2 Å². The lowest BCUT2D eigenvalue weighted by molar-refractivity contribution is 0.468. The minimum absolute atomic E-state index is 0.458. The maximum absolute atomic E-state index is 9.97. The van der Waals surface area contributed by atoms with Crippen molar-refractivity contribution >= 4 is 0 Å². The first-order valence-electron chi connectivity index (χ1n) is 7.85. The summed E-state index contributed by atoms with van der Waals surface area (Å²) >= 11 is 0. The molecule has 0 saturated carbocycles. The molecular formula is C19H20O2. The zero-order valence-electron chi connectivity index (χ0n) is 12.0. The second-order valence-corrected chi connectivity index (χ2v) is 6.40. The molecule has 0 aliphatic heterocycles. The van der Waals surface area contributed by atoms with Gasteiger partial charge in [0.2, 0.25) is 0 Å². The number of benzene rings is 2. The smallest absolute Gasteiger partial charge is 0.119 e. The summed E-state index contributed by atoms with van der Waals surface area (Å²) in [7, 11) is 0. The highest BCUT2D eigenvalue weighted by Gasteiger charge is 2.31. The molecule has 2 aromatic carbocycles. The van der Waals surface area contributed by atoms with Crippen LogP contribution < -0.4 is 0 Å². The van der Waals surface area contributed by atoms with E-state index in [9.17, 15) is 10.2 Å². The van der Waals surface area contributed by atoms with Gasteiger partial charge in [0.15, 0.2) is 0 Å². The van der Waals surface area contributed by atoms with Crippen molar-refractivity contribution in [2.45, 2.75) is 43.9 Å². The largest absolute Gasteiger partial charge is 0.508 e. The van der Waals surface area contributed by atoms with Crippen LogP contribution in [0.2, 0.25) is 0 Å². The molecule has 0 bridgehead atoms. The molecule has 0 aromatic heterocycles. The zero-order valence-corrected chi connectivity index (χ0v) is 12.0. The molecule has 2 unspecified atom stereocenters. The Morgan fingerprint density at radius 2 is 1.24 bits per heavy atom. The van der Waals surface area contributed by atoms with E-state index in [4.69, 9.17) is 0 Å². The van der Waals surface area contributed by atoms with Gasteiger partial charge in [0, 0.05) is 0 Å². The van der Waals surface area contributed by atoms with Gasteiger partial charge in [0.05, 0.1) is 0 Å². The Morgan fingerprint density at radius 3 is 1.71 bits per heavy atom. The minimum atomic E-state index is 0.458. The predicted molar refractivity (Wildman–Crippen MR) is 83.0 cm³/mol. The van der Waals surface area contributed by atoms with Crippen molar-refractivity contribution in [3.63, 3.8) is 0 Å². The van der Waals surface area contributed by atoms with Gasteiger partial charge < -0.3 is 10.2 Å². The van der Waals surface area contributed by atoms with Gasteiger partial charge in [-0.05, 0) is 78.3 Å². The topological polar surface area (TPSA) is 40.5 Å². The molecule has 0 fully saturated rings. The third-order valence-electron chi connectivity index (χ3n) is 5.31. The van der Waals surface area contributed by atoms with Crippen molar-refractivity contribution in [3.8, 4) is 11.5 Å². The summed E-state index contributed by atoms with van der Waals surface area (Å²) in [5.74, 6) is 2.01. The highest BCUT2D eigenvalue weighted by molar-refractivity contribution is 5.47. The van der Waals surface area contributed by atoms with Crippen LogP contribution in [0.4, 0.5) is 0 Å². The average molecular weight is 280 g/mol. The van der Waals surface area contributed by atoms with Crippen LogP contribution in [0.15, 0.2) is 36.4 Å². The third-order valence-corrected chi connectivity index (χ3v) is 5.31. The molecule has 21 heavy (non-hydrogen) atoms. The van der Waals surface area contributed by atoms with Crippen LogP contribution in [0, 0.1) is 0 Å². The van der Waals surface area contributed by atoms with E-state index in [1.54, 1.807) is 12.1 Å². The average Bonchev–Trinajstić information content (AvgIpc) is 3.07. The van der Waals surface area contributed by atoms with Crippen molar-refractivity contribution < 1.29 is 10.2 Å². The van der Waals surface area contributed by atoms with Gasteiger partial charge in [0.25, 0.3) is 0 Å².